The largest absolute Gasteiger partial charge is 0.302 e. The molecule has 0 fully saturated rings. The lowest BCUT2D eigenvalue weighted by molar-refractivity contribution is 0.0971. The summed E-state index contributed by atoms with van der Waals surface area (Å²) in [7, 11) is -3.80. The number of amides is 1. The topological polar surface area (TPSA) is 89.0 Å². The quantitative estimate of drug-likeness (QED) is 0.683. The summed E-state index contributed by atoms with van der Waals surface area (Å²) >= 11 is 0. The number of nitrogens with zero attached hydrogens (tertiary/aromatic N) is 2. The smallest absolute Gasteiger partial charge is 0.265 e. The van der Waals surface area contributed by atoms with E-state index in [1.54, 1.807) is 4.72 Å². The lowest BCUT2D eigenvalue weighted by Crippen LogP contribution is -2.29. The molecule has 0 atom stereocenters. The predicted octanol–water partition coefficient (Wildman–Crippen LogP) is -0.672. The first-order valence-corrected chi connectivity index (χ1v) is 4.81. The van der Waals surface area contributed by atoms with Crippen molar-refractivity contribution in [2.24, 2.45) is 0 Å². The van der Waals surface area contributed by atoms with Gasteiger partial charge in [0.15, 0.2) is 0 Å². The molecule has 0 bridgehead atoms. The van der Waals surface area contributed by atoms with Crippen molar-refractivity contribution >= 4 is 15.9 Å². The molecule has 1 radical (unpaired) electrons. The molecule has 1 heterocycles. The molecule has 1 N–H and O–H groups in total. The molecule has 0 aliphatic rings. The second kappa shape index (κ2) is 3.48. The highest BCUT2D eigenvalue weighted by atomic mass is 32.2. The Labute approximate surface area is 75.1 Å². The van der Waals surface area contributed by atoms with Crippen LogP contribution in [0.3, 0.4) is 0 Å². The maximum atomic E-state index is 11.0. The fourth-order valence-corrected chi connectivity index (χ4v) is 0.977. The normalized spacial score (nSPS) is 10.8. The van der Waals surface area contributed by atoms with Gasteiger partial charge >= 0.3 is 5.91 Å². The Kier molecular flexibility index (Phi) is 2.57. The highest BCUT2D eigenvalue weighted by molar-refractivity contribution is 7.91. The molecule has 6 nitrogen and oxygen atoms in total. The Hall–Kier alpha value is -1.50. The zero-order valence-corrected chi connectivity index (χ0v) is 7.28. The minimum atomic E-state index is -3.80. The molecule has 0 spiro atoms. The first kappa shape index (κ1) is 9.59. The second-order valence-electron chi connectivity index (χ2n) is 2.12. The first-order valence-electron chi connectivity index (χ1n) is 3.16. The van der Waals surface area contributed by atoms with Gasteiger partial charge in [0.1, 0.15) is 0 Å². The van der Waals surface area contributed by atoms with Crippen LogP contribution >= 0.6 is 0 Å². The van der Waals surface area contributed by atoms with E-state index < -0.39 is 15.9 Å². The maximum absolute atomic E-state index is 11.0. The minimum Gasteiger partial charge on any atom is -0.265 e. The van der Waals surface area contributed by atoms with Crippen molar-refractivity contribution in [2.45, 2.75) is 0 Å². The van der Waals surface area contributed by atoms with Gasteiger partial charge in [0.05, 0.1) is 6.26 Å². The monoisotopic (exact) mass is 200 g/mol. The van der Waals surface area contributed by atoms with E-state index in [0.29, 0.717) is 0 Å². The standard InChI is InChI=1S/C6H6N3O3S/c1-13(11,12)9-6(10)5-7-3-2-4-8-5/h2-4H,1H2,(H,9,10). The fourth-order valence-electron chi connectivity index (χ4n) is 0.603. The van der Waals surface area contributed by atoms with Crippen LogP contribution in [-0.4, -0.2) is 24.3 Å². The van der Waals surface area contributed by atoms with Crippen LogP contribution in [0.2, 0.25) is 0 Å². The molecule has 0 aliphatic carbocycles. The molecule has 0 aromatic carbocycles. The number of rotatable bonds is 2. The average molecular weight is 200 g/mol. The van der Waals surface area contributed by atoms with E-state index in [0.717, 1.165) is 0 Å². The molecule has 69 valence electrons. The predicted molar refractivity (Wildman–Crippen MR) is 43.8 cm³/mol. The van der Waals surface area contributed by atoms with E-state index in [-0.39, 0.29) is 5.82 Å². The zero-order chi connectivity index (χ0) is 9.90. The molecule has 13 heavy (non-hydrogen) atoms. The van der Waals surface area contributed by atoms with E-state index in [2.05, 4.69) is 16.2 Å². The van der Waals surface area contributed by atoms with Gasteiger partial charge < -0.3 is 0 Å². The van der Waals surface area contributed by atoms with Crippen LogP contribution in [0.1, 0.15) is 10.6 Å². The minimum absolute atomic E-state index is 0.213. The molecule has 0 saturated carbocycles. The van der Waals surface area contributed by atoms with Gasteiger partial charge in [-0.15, -0.1) is 0 Å². The third-order valence-corrected chi connectivity index (χ3v) is 1.51. The third-order valence-electron chi connectivity index (χ3n) is 1.02. The summed E-state index contributed by atoms with van der Waals surface area (Å²) in [4.78, 5) is 18.1. The third kappa shape index (κ3) is 3.16. The van der Waals surface area contributed by atoms with Crippen LogP contribution in [-0.2, 0) is 10.0 Å². The van der Waals surface area contributed by atoms with Crippen LogP contribution in [0.5, 0.6) is 0 Å². The van der Waals surface area contributed by atoms with Crippen molar-refractivity contribution in [3.63, 3.8) is 0 Å². The van der Waals surface area contributed by atoms with E-state index in [4.69, 9.17) is 0 Å². The molecule has 1 amide bonds. The molecular formula is C6H6N3O3S. The Morgan fingerprint density at radius 1 is 1.38 bits per heavy atom. The number of sulfonamides is 1. The summed E-state index contributed by atoms with van der Waals surface area (Å²) in [6.45, 7) is 0. The van der Waals surface area contributed by atoms with Crippen LogP contribution in [0, 0.1) is 6.26 Å². The van der Waals surface area contributed by atoms with Crippen molar-refractivity contribution in [1.29, 1.82) is 0 Å². The van der Waals surface area contributed by atoms with Crippen LogP contribution in [0.15, 0.2) is 18.5 Å². The van der Waals surface area contributed by atoms with Crippen molar-refractivity contribution in [3.05, 3.63) is 30.5 Å². The number of hydrogen-bond donors (Lipinski definition) is 1. The lowest BCUT2D eigenvalue weighted by Gasteiger charge is -1.98. The van der Waals surface area contributed by atoms with Crippen LogP contribution < -0.4 is 4.72 Å². The zero-order valence-electron chi connectivity index (χ0n) is 6.47. The van der Waals surface area contributed by atoms with E-state index >= 15 is 0 Å². The summed E-state index contributed by atoms with van der Waals surface area (Å²) in [5, 5.41) is 0. The molecule has 0 saturated heterocycles. The van der Waals surface area contributed by atoms with Crippen molar-refractivity contribution in [1.82, 2.24) is 14.7 Å². The Morgan fingerprint density at radius 3 is 2.38 bits per heavy atom. The van der Waals surface area contributed by atoms with Gasteiger partial charge in [0.2, 0.25) is 15.8 Å². The molecule has 1 rings (SSSR count). The van der Waals surface area contributed by atoms with Gasteiger partial charge in [-0.05, 0) is 6.07 Å². The Bertz CT molecular complexity index is 400. The molecule has 7 heteroatoms. The molecule has 0 unspecified atom stereocenters. The van der Waals surface area contributed by atoms with Crippen LogP contribution in [0.25, 0.3) is 0 Å². The number of aromatic nitrogens is 2. The van der Waals surface area contributed by atoms with Gasteiger partial charge in [-0.3, -0.25) is 4.79 Å². The van der Waals surface area contributed by atoms with E-state index in [9.17, 15) is 13.2 Å². The van der Waals surface area contributed by atoms with Gasteiger partial charge in [-0.2, -0.15) is 0 Å². The van der Waals surface area contributed by atoms with Crippen molar-refractivity contribution in [3.8, 4) is 0 Å². The summed E-state index contributed by atoms with van der Waals surface area (Å²) in [6, 6.07) is 1.51. The van der Waals surface area contributed by atoms with Gasteiger partial charge in [0.25, 0.3) is 0 Å². The molecule has 1 aromatic rings. The summed E-state index contributed by atoms with van der Waals surface area (Å²) in [5.41, 5.74) is 0. The highest BCUT2D eigenvalue weighted by Crippen LogP contribution is 1.89. The first-order chi connectivity index (χ1) is 5.99. The summed E-state index contributed by atoms with van der Waals surface area (Å²) < 4.78 is 22.7. The van der Waals surface area contributed by atoms with E-state index in [1.807, 2.05) is 0 Å². The van der Waals surface area contributed by atoms with Gasteiger partial charge in [-0.25, -0.2) is 23.1 Å². The maximum Gasteiger partial charge on any atom is 0.302 e. The number of carbonyl (C=O) groups excluding carboxylic acids is 1. The summed E-state index contributed by atoms with van der Waals surface area (Å²) in [5.74, 6) is -1.11. The van der Waals surface area contributed by atoms with Crippen molar-refractivity contribution in [2.75, 3.05) is 0 Å². The fraction of sp³-hybridized carbons (Fsp3) is 0. The number of hydrogen-bond acceptors (Lipinski definition) is 5. The average Bonchev–Trinajstić information content (AvgIpc) is 2.03. The number of carbonyl (C=O) groups is 1. The second-order valence-corrected chi connectivity index (χ2v) is 3.55. The van der Waals surface area contributed by atoms with Gasteiger partial charge in [0, 0.05) is 12.4 Å². The lowest BCUT2D eigenvalue weighted by atomic mass is 10.5. The van der Waals surface area contributed by atoms with Gasteiger partial charge in [-0.1, -0.05) is 0 Å². The molecule has 1 aromatic heterocycles. The highest BCUT2D eigenvalue weighted by Gasteiger charge is 2.12. The van der Waals surface area contributed by atoms with Crippen molar-refractivity contribution < 1.29 is 13.2 Å². The SMILES string of the molecule is [CH2]S(=O)(=O)NC(=O)c1ncccn1. The summed E-state index contributed by atoms with van der Waals surface area (Å²) in [6.07, 6.45) is 5.38. The molecular weight excluding hydrogens is 194 g/mol. The van der Waals surface area contributed by atoms with Crippen LogP contribution in [0.4, 0.5) is 0 Å². The Morgan fingerprint density at radius 2 is 1.92 bits per heavy atom. The Balaban J connectivity index is 2.82. The molecule has 0 aliphatic heterocycles. The number of nitrogens with one attached hydrogen (secondary N) is 1. The van der Waals surface area contributed by atoms with E-state index in [1.165, 1.54) is 18.5 Å².